The van der Waals surface area contributed by atoms with Crippen LogP contribution >= 0.6 is 11.6 Å². The second-order valence-electron chi connectivity index (χ2n) is 6.40. The molecule has 0 aromatic heterocycles. The van der Waals surface area contributed by atoms with Crippen molar-refractivity contribution >= 4 is 11.6 Å². The third-order valence-electron chi connectivity index (χ3n) is 5.10. The lowest BCUT2D eigenvalue weighted by Crippen LogP contribution is -2.28. The first-order chi connectivity index (χ1) is 9.33. The van der Waals surface area contributed by atoms with Gasteiger partial charge in [-0.1, -0.05) is 24.6 Å². The normalized spacial score (nSPS) is 36.7. The van der Waals surface area contributed by atoms with Crippen LogP contribution in [0.15, 0.2) is 11.6 Å². The zero-order chi connectivity index (χ0) is 13.5. The first kappa shape index (κ1) is 15.4. The van der Waals surface area contributed by atoms with E-state index in [-0.39, 0.29) is 0 Å². The standard InChI is InChI=1S/C17H29ClO/c1-2-13-19-17-9-7-16(8-10-17)15-5-3-14(4-6-15)11-12-18/h11-12,14-17H,2-10,13H2,1H3. The zero-order valence-electron chi connectivity index (χ0n) is 12.3. The van der Waals surface area contributed by atoms with E-state index in [0.717, 1.165) is 30.8 Å². The molecule has 110 valence electrons. The zero-order valence-corrected chi connectivity index (χ0v) is 13.1. The number of halogens is 1. The molecule has 0 bridgehead atoms. The molecule has 2 rings (SSSR count). The lowest BCUT2D eigenvalue weighted by Gasteiger charge is -2.37. The van der Waals surface area contributed by atoms with Crippen molar-refractivity contribution in [3.8, 4) is 0 Å². The fourth-order valence-electron chi connectivity index (χ4n) is 3.92. The van der Waals surface area contributed by atoms with Crippen LogP contribution in [0, 0.1) is 17.8 Å². The maximum Gasteiger partial charge on any atom is 0.0575 e. The molecule has 0 aliphatic heterocycles. The maximum atomic E-state index is 5.89. The van der Waals surface area contributed by atoms with Crippen LogP contribution in [-0.2, 0) is 4.74 Å². The highest BCUT2D eigenvalue weighted by Gasteiger charge is 2.30. The largest absolute Gasteiger partial charge is 0.378 e. The molecule has 0 amide bonds. The molecule has 19 heavy (non-hydrogen) atoms. The summed E-state index contributed by atoms with van der Waals surface area (Å²) in [6.07, 6.45) is 14.8. The second-order valence-corrected chi connectivity index (χ2v) is 6.65. The van der Waals surface area contributed by atoms with Gasteiger partial charge < -0.3 is 4.74 Å². The number of ether oxygens (including phenoxy) is 1. The number of hydrogen-bond donors (Lipinski definition) is 0. The van der Waals surface area contributed by atoms with Gasteiger partial charge in [-0.05, 0) is 75.5 Å². The predicted octanol–water partition coefficient (Wildman–Crippen LogP) is 5.53. The number of rotatable bonds is 5. The Morgan fingerprint density at radius 2 is 1.53 bits per heavy atom. The highest BCUT2D eigenvalue weighted by atomic mass is 35.5. The lowest BCUT2D eigenvalue weighted by molar-refractivity contribution is 0.00797. The summed E-state index contributed by atoms with van der Waals surface area (Å²) in [4.78, 5) is 0. The van der Waals surface area contributed by atoms with Gasteiger partial charge in [0.05, 0.1) is 6.10 Å². The van der Waals surface area contributed by atoms with Crippen molar-refractivity contribution in [1.82, 2.24) is 0 Å². The molecule has 2 aliphatic carbocycles. The summed E-state index contributed by atoms with van der Waals surface area (Å²) in [6, 6.07) is 0. The average Bonchev–Trinajstić information content (AvgIpc) is 2.47. The van der Waals surface area contributed by atoms with E-state index in [2.05, 4.69) is 13.0 Å². The summed E-state index contributed by atoms with van der Waals surface area (Å²) in [5, 5.41) is 0. The third-order valence-corrected chi connectivity index (χ3v) is 5.25. The molecule has 0 radical (unpaired) electrons. The summed E-state index contributed by atoms with van der Waals surface area (Å²) in [5.41, 5.74) is 1.71. The Bertz CT molecular complexity index is 260. The van der Waals surface area contributed by atoms with E-state index in [9.17, 15) is 0 Å². The van der Waals surface area contributed by atoms with E-state index >= 15 is 0 Å². The Balaban J connectivity index is 1.68. The summed E-state index contributed by atoms with van der Waals surface area (Å²) in [7, 11) is 0. The Morgan fingerprint density at radius 3 is 2.05 bits per heavy atom. The van der Waals surface area contributed by atoms with Gasteiger partial charge in [-0.25, -0.2) is 0 Å². The average molecular weight is 285 g/mol. The number of hydrogen-bond acceptors (Lipinski definition) is 1. The molecule has 0 atom stereocenters. The van der Waals surface area contributed by atoms with Crippen molar-refractivity contribution in [2.24, 2.45) is 17.8 Å². The highest BCUT2D eigenvalue weighted by molar-refractivity contribution is 6.25. The SMILES string of the molecule is CCCOC1CCC(C2CCC(C=CCl)CC2)CC1. The molecule has 1 nitrogen and oxygen atoms in total. The number of allylic oxidation sites excluding steroid dienone is 1. The van der Waals surface area contributed by atoms with Crippen LogP contribution in [0.4, 0.5) is 0 Å². The van der Waals surface area contributed by atoms with Gasteiger partial charge in [0.25, 0.3) is 0 Å². The Morgan fingerprint density at radius 1 is 0.947 bits per heavy atom. The molecule has 0 aromatic rings. The van der Waals surface area contributed by atoms with Gasteiger partial charge in [-0.15, -0.1) is 0 Å². The molecule has 2 heteroatoms. The van der Waals surface area contributed by atoms with Crippen molar-refractivity contribution in [3.63, 3.8) is 0 Å². The van der Waals surface area contributed by atoms with Crippen LogP contribution in [0.5, 0.6) is 0 Å². The molecule has 2 aliphatic rings. The van der Waals surface area contributed by atoms with Crippen LogP contribution < -0.4 is 0 Å². The molecular formula is C17H29ClO. The van der Waals surface area contributed by atoms with E-state index < -0.39 is 0 Å². The summed E-state index contributed by atoms with van der Waals surface area (Å²) in [5.74, 6) is 2.70. The summed E-state index contributed by atoms with van der Waals surface area (Å²) < 4.78 is 5.89. The Labute approximate surface area is 123 Å². The first-order valence-corrected chi connectivity index (χ1v) is 8.65. The van der Waals surface area contributed by atoms with E-state index in [1.807, 2.05) is 0 Å². The van der Waals surface area contributed by atoms with Crippen LogP contribution in [0.2, 0.25) is 0 Å². The smallest absolute Gasteiger partial charge is 0.0575 e. The summed E-state index contributed by atoms with van der Waals surface area (Å²) >= 11 is 5.68. The van der Waals surface area contributed by atoms with Crippen LogP contribution in [0.3, 0.4) is 0 Å². The molecule has 2 saturated carbocycles. The summed E-state index contributed by atoms with van der Waals surface area (Å²) in [6.45, 7) is 3.14. The Hall–Kier alpha value is -0.0100. The molecule has 0 aromatic carbocycles. The van der Waals surface area contributed by atoms with Crippen LogP contribution in [0.25, 0.3) is 0 Å². The van der Waals surface area contributed by atoms with Crippen LogP contribution in [-0.4, -0.2) is 12.7 Å². The molecule has 0 heterocycles. The van der Waals surface area contributed by atoms with Crippen molar-refractivity contribution < 1.29 is 4.74 Å². The minimum absolute atomic E-state index is 0.562. The van der Waals surface area contributed by atoms with E-state index in [0.29, 0.717) is 6.10 Å². The quantitative estimate of drug-likeness (QED) is 0.645. The lowest BCUT2D eigenvalue weighted by atomic mass is 9.70. The maximum absolute atomic E-state index is 5.89. The monoisotopic (exact) mass is 284 g/mol. The van der Waals surface area contributed by atoms with Gasteiger partial charge in [0, 0.05) is 12.1 Å². The minimum atomic E-state index is 0.562. The van der Waals surface area contributed by atoms with Crippen LogP contribution in [0.1, 0.15) is 64.7 Å². The molecule has 0 N–H and O–H groups in total. The van der Waals surface area contributed by atoms with Gasteiger partial charge in [-0.3, -0.25) is 0 Å². The third kappa shape index (κ3) is 4.79. The van der Waals surface area contributed by atoms with E-state index in [1.54, 1.807) is 5.54 Å². The van der Waals surface area contributed by atoms with Gasteiger partial charge in [-0.2, -0.15) is 0 Å². The van der Waals surface area contributed by atoms with Crippen molar-refractivity contribution in [1.29, 1.82) is 0 Å². The molecule has 0 saturated heterocycles. The topological polar surface area (TPSA) is 9.23 Å². The first-order valence-electron chi connectivity index (χ1n) is 8.22. The molecular weight excluding hydrogens is 256 g/mol. The van der Waals surface area contributed by atoms with Crippen molar-refractivity contribution in [2.45, 2.75) is 70.8 Å². The van der Waals surface area contributed by atoms with Gasteiger partial charge in [0.1, 0.15) is 0 Å². The highest BCUT2D eigenvalue weighted by Crippen LogP contribution is 2.40. The van der Waals surface area contributed by atoms with Gasteiger partial charge in [0.15, 0.2) is 0 Å². The van der Waals surface area contributed by atoms with Crippen molar-refractivity contribution in [2.75, 3.05) is 6.61 Å². The van der Waals surface area contributed by atoms with E-state index in [4.69, 9.17) is 16.3 Å². The molecule has 0 unspecified atom stereocenters. The minimum Gasteiger partial charge on any atom is -0.378 e. The predicted molar refractivity (Wildman–Crippen MR) is 82.4 cm³/mol. The van der Waals surface area contributed by atoms with E-state index in [1.165, 1.54) is 51.4 Å². The fraction of sp³-hybridized carbons (Fsp3) is 0.882. The van der Waals surface area contributed by atoms with Crippen molar-refractivity contribution in [3.05, 3.63) is 11.6 Å². The molecule has 2 fully saturated rings. The van der Waals surface area contributed by atoms with Gasteiger partial charge >= 0.3 is 0 Å². The molecule has 0 spiro atoms. The van der Waals surface area contributed by atoms with Gasteiger partial charge in [0.2, 0.25) is 0 Å². The fourth-order valence-corrected chi connectivity index (χ4v) is 4.13. The Kier molecular flexibility index (Phi) is 6.73. The second kappa shape index (κ2) is 8.32.